The number of nitrogens with zero attached hydrogens (tertiary/aromatic N) is 3. The summed E-state index contributed by atoms with van der Waals surface area (Å²) in [5.41, 5.74) is 3.15. The normalized spacial score (nSPS) is 10.6. The topological polar surface area (TPSA) is 59.2 Å². The third-order valence-electron chi connectivity index (χ3n) is 4.10. The molecule has 128 valence electrons. The molecule has 1 aromatic heterocycles. The summed E-state index contributed by atoms with van der Waals surface area (Å²) in [4.78, 5) is 18.4. The van der Waals surface area contributed by atoms with Gasteiger partial charge in [-0.2, -0.15) is 4.98 Å². The van der Waals surface area contributed by atoms with Crippen molar-refractivity contribution in [1.82, 2.24) is 15.0 Å². The number of benzene rings is 2. The van der Waals surface area contributed by atoms with Crippen molar-refractivity contribution in [3.8, 4) is 11.4 Å². The van der Waals surface area contributed by atoms with Gasteiger partial charge in [0.25, 0.3) is 0 Å². The van der Waals surface area contributed by atoms with Crippen molar-refractivity contribution in [3.63, 3.8) is 0 Å². The highest BCUT2D eigenvalue weighted by Crippen LogP contribution is 2.20. The zero-order valence-corrected chi connectivity index (χ0v) is 14.5. The molecule has 25 heavy (non-hydrogen) atoms. The van der Waals surface area contributed by atoms with Crippen LogP contribution >= 0.6 is 0 Å². The second-order valence-electron chi connectivity index (χ2n) is 6.06. The van der Waals surface area contributed by atoms with Gasteiger partial charge in [-0.15, -0.1) is 0 Å². The van der Waals surface area contributed by atoms with E-state index < -0.39 is 0 Å². The van der Waals surface area contributed by atoms with Gasteiger partial charge in [0.2, 0.25) is 17.6 Å². The lowest BCUT2D eigenvalue weighted by atomic mass is 10.1. The number of rotatable bonds is 6. The van der Waals surface area contributed by atoms with Crippen LogP contribution in [0.2, 0.25) is 0 Å². The SMILES string of the molecule is Cc1ccccc1-c1noc(CCC(=O)N(C)Cc2ccccc2)n1. The van der Waals surface area contributed by atoms with Crippen molar-refractivity contribution in [1.29, 1.82) is 0 Å². The van der Waals surface area contributed by atoms with E-state index in [1.165, 1.54) is 0 Å². The molecule has 0 spiro atoms. The van der Waals surface area contributed by atoms with Crippen molar-refractivity contribution in [2.75, 3.05) is 7.05 Å². The van der Waals surface area contributed by atoms with Crippen LogP contribution in [0.3, 0.4) is 0 Å². The first-order valence-corrected chi connectivity index (χ1v) is 8.30. The number of carbonyl (C=O) groups excluding carboxylic acids is 1. The zero-order chi connectivity index (χ0) is 17.6. The van der Waals surface area contributed by atoms with Crippen LogP contribution < -0.4 is 0 Å². The van der Waals surface area contributed by atoms with E-state index >= 15 is 0 Å². The summed E-state index contributed by atoms with van der Waals surface area (Å²) in [6.07, 6.45) is 0.787. The van der Waals surface area contributed by atoms with Crippen LogP contribution in [0, 0.1) is 6.92 Å². The van der Waals surface area contributed by atoms with Gasteiger partial charge >= 0.3 is 0 Å². The molecule has 3 aromatic rings. The molecule has 0 saturated carbocycles. The van der Waals surface area contributed by atoms with Crippen molar-refractivity contribution in [3.05, 3.63) is 71.6 Å². The summed E-state index contributed by atoms with van der Waals surface area (Å²) in [7, 11) is 1.81. The smallest absolute Gasteiger partial charge is 0.227 e. The van der Waals surface area contributed by atoms with E-state index in [-0.39, 0.29) is 5.91 Å². The Labute approximate surface area is 147 Å². The minimum absolute atomic E-state index is 0.0551. The lowest BCUT2D eigenvalue weighted by Gasteiger charge is -2.16. The fourth-order valence-electron chi connectivity index (χ4n) is 2.64. The molecular weight excluding hydrogens is 314 g/mol. The summed E-state index contributed by atoms with van der Waals surface area (Å²) in [6.45, 7) is 2.60. The number of aryl methyl sites for hydroxylation is 2. The molecule has 1 amide bonds. The Kier molecular flexibility index (Phi) is 5.23. The van der Waals surface area contributed by atoms with Crippen molar-refractivity contribution in [2.45, 2.75) is 26.3 Å². The molecule has 5 nitrogen and oxygen atoms in total. The molecule has 0 N–H and O–H groups in total. The van der Waals surface area contributed by atoms with E-state index in [0.717, 1.165) is 16.7 Å². The van der Waals surface area contributed by atoms with E-state index in [9.17, 15) is 4.79 Å². The number of hydrogen-bond donors (Lipinski definition) is 0. The lowest BCUT2D eigenvalue weighted by molar-refractivity contribution is -0.130. The maximum Gasteiger partial charge on any atom is 0.227 e. The summed E-state index contributed by atoms with van der Waals surface area (Å²) < 4.78 is 5.29. The predicted octanol–water partition coefficient (Wildman–Crippen LogP) is 3.64. The summed E-state index contributed by atoms with van der Waals surface area (Å²) >= 11 is 0. The molecule has 1 heterocycles. The molecule has 0 aliphatic heterocycles. The van der Waals surface area contributed by atoms with E-state index in [4.69, 9.17) is 4.52 Å². The van der Waals surface area contributed by atoms with Crippen LogP contribution in [0.15, 0.2) is 59.1 Å². The quantitative estimate of drug-likeness (QED) is 0.690. The maximum atomic E-state index is 12.3. The molecule has 0 aliphatic rings. The number of aromatic nitrogens is 2. The minimum atomic E-state index is 0.0551. The fourth-order valence-corrected chi connectivity index (χ4v) is 2.64. The highest BCUT2D eigenvalue weighted by Gasteiger charge is 2.14. The number of amides is 1. The highest BCUT2D eigenvalue weighted by molar-refractivity contribution is 5.76. The number of carbonyl (C=O) groups is 1. The third-order valence-corrected chi connectivity index (χ3v) is 4.10. The van der Waals surface area contributed by atoms with Gasteiger partial charge in [0.1, 0.15) is 0 Å². The van der Waals surface area contributed by atoms with E-state index in [1.807, 2.05) is 68.6 Å². The molecule has 5 heteroatoms. The average Bonchev–Trinajstić information content (AvgIpc) is 3.09. The Morgan fingerprint density at radius 1 is 1.08 bits per heavy atom. The average molecular weight is 335 g/mol. The summed E-state index contributed by atoms with van der Waals surface area (Å²) in [6, 6.07) is 17.8. The van der Waals surface area contributed by atoms with Crippen LogP contribution in [-0.2, 0) is 17.8 Å². The van der Waals surface area contributed by atoms with E-state index in [1.54, 1.807) is 4.90 Å². The van der Waals surface area contributed by atoms with Crippen molar-refractivity contribution in [2.24, 2.45) is 0 Å². The fraction of sp³-hybridized carbons (Fsp3) is 0.250. The van der Waals surface area contributed by atoms with Crippen LogP contribution in [-0.4, -0.2) is 28.0 Å². The molecule has 0 fully saturated rings. The molecule has 0 bridgehead atoms. The molecule has 2 aromatic carbocycles. The Balaban J connectivity index is 1.57. The van der Waals surface area contributed by atoms with E-state index in [0.29, 0.717) is 31.1 Å². The van der Waals surface area contributed by atoms with Gasteiger partial charge in [-0.1, -0.05) is 59.8 Å². The van der Waals surface area contributed by atoms with Gasteiger partial charge in [0.05, 0.1) is 0 Å². The van der Waals surface area contributed by atoms with Crippen molar-refractivity contribution >= 4 is 5.91 Å². The van der Waals surface area contributed by atoms with E-state index in [2.05, 4.69) is 10.1 Å². The van der Waals surface area contributed by atoms with Crippen LogP contribution in [0.1, 0.15) is 23.4 Å². The Bertz CT molecular complexity index is 843. The predicted molar refractivity (Wildman–Crippen MR) is 95.7 cm³/mol. The van der Waals surface area contributed by atoms with Crippen molar-refractivity contribution < 1.29 is 9.32 Å². The van der Waals surface area contributed by atoms with Crippen LogP contribution in [0.25, 0.3) is 11.4 Å². The van der Waals surface area contributed by atoms with Gasteiger partial charge in [0.15, 0.2) is 0 Å². The second-order valence-corrected chi connectivity index (χ2v) is 6.06. The summed E-state index contributed by atoms with van der Waals surface area (Å²) in [5.74, 6) is 1.11. The standard InChI is InChI=1S/C20H21N3O2/c1-15-8-6-7-11-17(15)20-21-18(25-22-20)12-13-19(24)23(2)14-16-9-4-3-5-10-16/h3-11H,12-14H2,1-2H3. The second kappa shape index (κ2) is 7.75. The molecular formula is C20H21N3O2. The molecule has 0 aliphatic carbocycles. The first kappa shape index (κ1) is 16.9. The monoisotopic (exact) mass is 335 g/mol. The van der Waals surface area contributed by atoms with Gasteiger partial charge < -0.3 is 9.42 Å². The van der Waals surface area contributed by atoms with Gasteiger partial charge in [-0.25, -0.2) is 0 Å². The largest absolute Gasteiger partial charge is 0.341 e. The molecule has 0 atom stereocenters. The maximum absolute atomic E-state index is 12.3. The number of hydrogen-bond acceptors (Lipinski definition) is 4. The lowest BCUT2D eigenvalue weighted by Crippen LogP contribution is -2.26. The third kappa shape index (κ3) is 4.32. The highest BCUT2D eigenvalue weighted by atomic mass is 16.5. The van der Waals surface area contributed by atoms with Gasteiger partial charge in [0, 0.05) is 32.0 Å². The minimum Gasteiger partial charge on any atom is -0.341 e. The Morgan fingerprint density at radius 3 is 2.56 bits per heavy atom. The first-order valence-electron chi connectivity index (χ1n) is 8.30. The van der Waals surface area contributed by atoms with Crippen LogP contribution in [0.4, 0.5) is 0 Å². The molecule has 0 radical (unpaired) electrons. The molecule has 0 unspecified atom stereocenters. The zero-order valence-electron chi connectivity index (χ0n) is 14.5. The Morgan fingerprint density at radius 2 is 1.80 bits per heavy atom. The Hall–Kier alpha value is -2.95. The van der Waals surface area contributed by atoms with Crippen LogP contribution in [0.5, 0.6) is 0 Å². The summed E-state index contributed by atoms with van der Waals surface area (Å²) in [5, 5.41) is 4.03. The molecule has 0 saturated heterocycles. The molecule has 3 rings (SSSR count). The van der Waals surface area contributed by atoms with Gasteiger partial charge in [-0.05, 0) is 18.1 Å². The first-order chi connectivity index (χ1) is 12.1. The van der Waals surface area contributed by atoms with Gasteiger partial charge in [-0.3, -0.25) is 4.79 Å².